The SMILES string of the molecule is C=CCCCCC#CCCOC1CCCCO1. The number of rotatable bonds is 7. The Balaban J connectivity index is 1.89. The van der Waals surface area contributed by atoms with E-state index in [1.54, 1.807) is 0 Å². The van der Waals surface area contributed by atoms with Gasteiger partial charge in [-0.3, -0.25) is 0 Å². The summed E-state index contributed by atoms with van der Waals surface area (Å²) in [7, 11) is 0. The molecule has 0 saturated carbocycles. The lowest BCUT2D eigenvalue weighted by Gasteiger charge is -2.22. The lowest BCUT2D eigenvalue weighted by molar-refractivity contribution is -0.161. The fraction of sp³-hybridized carbons (Fsp3) is 0.733. The van der Waals surface area contributed by atoms with E-state index in [1.807, 2.05) is 6.08 Å². The molecular weight excluding hydrogens is 212 g/mol. The smallest absolute Gasteiger partial charge is 0.157 e. The maximum atomic E-state index is 5.59. The van der Waals surface area contributed by atoms with Crippen molar-refractivity contribution in [3.05, 3.63) is 12.7 Å². The molecule has 1 aliphatic rings. The summed E-state index contributed by atoms with van der Waals surface area (Å²) >= 11 is 0. The first-order valence-electron chi connectivity index (χ1n) is 6.73. The summed E-state index contributed by atoms with van der Waals surface area (Å²) in [5.74, 6) is 6.32. The number of hydrogen-bond acceptors (Lipinski definition) is 2. The largest absolute Gasteiger partial charge is 0.353 e. The van der Waals surface area contributed by atoms with Crippen LogP contribution in [0.15, 0.2) is 12.7 Å². The first-order chi connectivity index (χ1) is 8.43. The molecule has 17 heavy (non-hydrogen) atoms. The molecule has 0 bridgehead atoms. The predicted octanol–water partition coefficient (Wildman–Crippen LogP) is 3.67. The number of ether oxygens (including phenoxy) is 2. The molecule has 0 radical (unpaired) electrons. The standard InChI is InChI=1S/C15H24O2/c1-2-3-4-5-6-7-8-10-13-16-15-12-9-11-14-17-15/h2,15H,1,3-6,9-14H2. The van der Waals surface area contributed by atoms with Gasteiger partial charge in [0.25, 0.3) is 0 Å². The molecular formula is C15H24O2. The predicted molar refractivity (Wildman–Crippen MR) is 70.6 cm³/mol. The van der Waals surface area contributed by atoms with E-state index in [1.165, 1.54) is 25.7 Å². The average Bonchev–Trinajstić information content (AvgIpc) is 2.38. The summed E-state index contributed by atoms with van der Waals surface area (Å²) in [5, 5.41) is 0. The van der Waals surface area contributed by atoms with Gasteiger partial charge in [-0.05, 0) is 38.5 Å². The van der Waals surface area contributed by atoms with Gasteiger partial charge >= 0.3 is 0 Å². The molecule has 1 rings (SSSR count). The van der Waals surface area contributed by atoms with Gasteiger partial charge in [-0.2, -0.15) is 0 Å². The summed E-state index contributed by atoms with van der Waals surface area (Å²) in [6, 6.07) is 0. The van der Waals surface area contributed by atoms with Crippen LogP contribution in [-0.4, -0.2) is 19.5 Å². The molecule has 2 heteroatoms. The summed E-state index contributed by atoms with van der Waals surface area (Å²) < 4.78 is 11.1. The van der Waals surface area contributed by atoms with Crippen LogP contribution in [0.5, 0.6) is 0 Å². The third kappa shape index (κ3) is 8.01. The molecule has 1 heterocycles. The molecule has 2 nitrogen and oxygen atoms in total. The van der Waals surface area contributed by atoms with E-state index in [0.29, 0.717) is 6.61 Å². The molecule has 0 aromatic carbocycles. The fourth-order valence-electron chi connectivity index (χ4n) is 1.76. The van der Waals surface area contributed by atoms with Crippen LogP contribution in [0.25, 0.3) is 0 Å². The Kier molecular flexibility index (Phi) is 8.72. The molecule has 1 unspecified atom stereocenters. The van der Waals surface area contributed by atoms with Crippen LogP contribution in [-0.2, 0) is 9.47 Å². The second kappa shape index (κ2) is 10.4. The minimum atomic E-state index is 0.0261. The molecule has 0 spiro atoms. The molecule has 0 aromatic heterocycles. The first-order valence-corrected chi connectivity index (χ1v) is 6.73. The number of unbranched alkanes of at least 4 members (excludes halogenated alkanes) is 3. The Morgan fingerprint density at radius 3 is 2.88 bits per heavy atom. The highest BCUT2D eigenvalue weighted by Crippen LogP contribution is 2.13. The lowest BCUT2D eigenvalue weighted by Crippen LogP contribution is -2.22. The molecule has 0 aromatic rings. The minimum absolute atomic E-state index is 0.0261. The first kappa shape index (κ1) is 14.3. The zero-order valence-electron chi connectivity index (χ0n) is 10.7. The van der Waals surface area contributed by atoms with Gasteiger partial charge in [0.15, 0.2) is 6.29 Å². The van der Waals surface area contributed by atoms with E-state index in [2.05, 4.69) is 18.4 Å². The molecule has 0 N–H and O–H groups in total. The molecule has 1 saturated heterocycles. The number of hydrogen-bond donors (Lipinski definition) is 0. The van der Waals surface area contributed by atoms with Crippen molar-refractivity contribution in [3.63, 3.8) is 0 Å². The van der Waals surface area contributed by atoms with Crippen LogP contribution in [0.1, 0.15) is 51.4 Å². The summed E-state index contributed by atoms with van der Waals surface area (Å²) in [5.41, 5.74) is 0. The van der Waals surface area contributed by atoms with Crippen molar-refractivity contribution >= 4 is 0 Å². The minimum Gasteiger partial charge on any atom is -0.353 e. The second-order valence-electron chi connectivity index (χ2n) is 4.30. The molecule has 1 fully saturated rings. The Hall–Kier alpha value is -0.780. The van der Waals surface area contributed by atoms with Crippen molar-refractivity contribution in [1.82, 2.24) is 0 Å². The van der Waals surface area contributed by atoms with Gasteiger partial charge in [-0.15, -0.1) is 18.4 Å². The van der Waals surface area contributed by atoms with Crippen molar-refractivity contribution in [2.24, 2.45) is 0 Å². The van der Waals surface area contributed by atoms with Crippen molar-refractivity contribution < 1.29 is 9.47 Å². The van der Waals surface area contributed by atoms with Crippen molar-refractivity contribution in [2.45, 2.75) is 57.7 Å². The summed E-state index contributed by atoms with van der Waals surface area (Å²) in [6.45, 7) is 5.24. The van der Waals surface area contributed by atoms with E-state index in [-0.39, 0.29) is 6.29 Å². The Morgan fingerprint density at radius 2 is 2.12 bits per heavy atom. The highest BCUT2D eigenvalue weighted by atomic mass is 16.7. The summed E-state index contributed by atoms with van der Waals surface area (Å²) in [6.07, 6.45) is 10.7. The second-order valence-corrected chi connectivity index (χ2v) is 4.30. The normalized spacial score (nSPS) is 19.4. The van der Waals surface area contributed by atoms with E-state index < -0.39 is 0 Å². The Morgan fingerprint density at radius 1 is 1.24 bits per heavy atom. The van der Waals surface area contributed by atoms with E-state index in [4.69, 9.17) is 9.47 Å². The van der Waals surface area contributed by atoms with Gasteiger partial charge < -0.3 is 9.47 Å². The van der Waals surface area contributed by atoms with Crippen molar-refractivity contribution in [1.29, 1.82) is 0 Å². The van der Waals surface area contributed by atoms with Crippen LogP contribution in [0, 0.1) is 11.8 Å². The molecule has 0 aliphatic carbocycles. The fourth-order valence-corrected chi connectivity index (χ4v) is 1.76. The maximum Gasteiger partial charge on any atom is 0.157 e. The highest BCUT2D eigenvalue weighted by Gasteiger charge is 2.12. The van der Waals surface area contributed by atoms with E-state index in [0.717, 1.165) is 32.3 Å². The van der Waals surface area contributed by atoms with E-state index in [9.17, 15) is 0 Å². The molecule has 0 amide bonds. The number of allylic oxidation sites excluding steroid dienone is 1. The third-order valence-corrected chi connectivity index (χ3v) is 2.75. The van der Waals surface area contributed by atoms with Gasteiger partial charge in [0.1, 0.15) is 0 Å². The van der Waals surface area contributed by atoms with Crippen LogP contribution >= 0.6 is 0 Å². The van der Waals surface area contributed by atoms with Gasteiger partial charge in [0, 0.05) is 19.4 Å². The zero-order chi connectivity index (χ0) is 12.2. The van der Waals surface area contributed by atoms with Gasteiger partial charge in [0.2, 0.25) is 0 Å². The van der Waals surface area contributed by atoms with Gasteiger partial charge in [0.05, 0.1) is 6.61 Å². The zero-order valence-corrected chi connectivity index (χ0v) is 10.7. The van der Waals surface area contributed by atoms with Gasteiger partial charge in [-0.1, -0.05) is 6.08 Å². The van der Waals surface area contributed by atoms with Crippen molar-refractivity contribution in [2.75, 3.05) is 13.2 Å². The molecule has 1 aliphatic heterocycles. The third-order valence-electron chi connectivity index (χ3n) is 2.75. The highest BCUT2D eigenvalue weighted by molar-refractivity contribution is 4.98. The van der Waals surface area contributed by atoms with Crippen LogP contribution < -0.4 is 0 Å². The van der Waals surface area contributed by atoms with Gasteiger partial charge in [-0.25, -0.2) is 0 Å². The van der Waals surface area contributed by atoms with Crippen LogP contribution in [0.2, 0.25) is 0 Å². The monoisotopic (exact) mass is 236 g/mol. The topological polar surface area (TPSA) is 18.5 Å². The molecule has 96 valence electrons. The van der Waals surface area contributed by atoms with Crippen LogP contribution in [0.3, 0.4) is 0 Å². The summed E-state index contributed by atoms with van der Waals surface area (Å²) in [4.78, 5) is 0. The van der Waals surface area contributed by atoms with E-state index >= 15 is 0 Å². The quantitative estimate of drug-likeness (QED) is 0.381. The average molecular weight is 236 g/mol. The Bertz CT molecular complexity index is 243. The molecule has 1 atom stereocenters. The Labute approximate surface area is 105 Å². The van der Waals surface area contributed by atoms with Crippen LogP contribution in [0.4, 0.5) is 0 Å². The maximum absolute atomic E-state index is 5.59. The van der Waals surface area contributed by atoms with Crippen molar-refractivity contribution in [3.8, 4) is 11.8 Å². The lowest BCUT2D eigenvalue weighted by atomic mass is 10.2.